The first-order chi connectivity index (χ1) is 7.56. The highest BCUT2D eigenvalue weighted by atomic mass is 79.9. The van der Waals surface area contributed by atoms with Crippen molar-refractivity contribution in [3.63, 3.8) is 0 Å². The molecule has 0 aliphatic heterocycles. The first-order valence-corrected chi connectivity index (χ1v) is 6.24. The van der Waals surface area contributed by atoms with Crippen molar-refractivity contribution in [1.82, 2.24) is 0 Å². The van der Waals surface area contributed by atoms with Crippen molar-refractivity contribution in [3.8, 4) is 0 Å². The van der Waals surface area contributed by atoms with Crippen LogP contribution in [-0.2, 0) is 11.2 Å². The molecule has 0 heterocycles. The van der Waals surface area contributed by atoms with Gasteiger partial charge >= 0.3 is 5.97 Å². The largest absolute Gasteiger partial charge is 0.479 e. The molecule has 1 rings (SSSR count). The second-order valence-corrected chi connectivity index (χ2v) is 4.53. The highest BCUT2D eigenvalue weighted by Crippen LogP contribution is 2.21. The van der Waals surface area contributed by atoms with E-state index in [2.05, 4.69) is 15.9 Å². The Morgan fingerprint density at radius 2 is 2.19 bits per heavy atom. The number of carbonyl (C=O) groups is 1. The van der Waals surface area contributed by atoms with E-state index in [-0.39, 0.29) is 0 Å². The Bertz CT molecular complexity index is 377. The molecule has 3 nitrogen and oxygen atoms in total. The lowest BCUT2D eigenvalue weighted by molar-refractivity contribution is -0.147. The molecule has 0 saturated carbocycles. The minimum atomic E-state index is -1.43. The van der Waals surface area contributed by atoms with E-state index in [0.717, 1.165) is 29.3 Å². The molecule has 0 saturated heterocycles. The van der Waals surface area contributed by atoms with Gasteiger partial charge in [0.05, 0.1) is 0 Å². The van der Waals surface area contributed by atoms with Crippen LogP contribution in [0.2, 0.25) is 0 Å². The summed E-state index contributed by atoms with van der Waals surface area (Å²) in [5, 5.41) is 19.2. The van der Waals surface area contributed by atoms with Crippen molar-refractivity contribution in [2.45, 2.75) is 25.9 Å². The number of alkyl halides is 1. The zero-order valence-corrected chi connectivity index (χ0v) is 10.7. The van der Waals surface area contributed by atoms with Crippen molar-refractivity contribution in [2.24, 2.45) is 0 Å². The highest BCUT2D eigenvalue weighted by molar-refractivity contribution is 9.09. The van der Waals surface area contributed by atoms with Gasteiger partial charge in [-0.1, -0.05) is 39.7 Å². The van der Waals surface area contributed by atoms with E-state index in [1.54, 1.807) is 6.07 Å². The van der Waals surface area contributed by atoms with Gasteiger partial charge in [0.1, 0.15) is 0 Å². The molecule has 0 spiro atoms. The number of hydrogen-bond donors (Lipinski definition) is 2. The van der Waals surface area contributed by atoms with E-state index in [1.807, 2.05) is 19.1 Å². The standard InChI is InChI=1S/C12H15BrO3/c1-8-4-5-10(11(14)12(15)16)9(7-8)3-2-6-13/h4-5,7,11,14H,2-3,6H2,1H3,(H,15,16). The van der Waals surface area contributed by atoms with Gasteiger partial charge in [0, 0.05) is 5.33 Å². The van der Waals surface area contributed by atoms with Gasteiger partial charge in [-0.05, 0) is 30.9 Å². The summed E-state index contributed by atoms with van der Waals surface area (Å²) < 4.78 is 0. The summed E-state index contributed by atoms with van der Waals surface area (Å²) in [7, 11) is 0. The van der Waals surface area contributed by atoms with Gasteiger partial charge in [0.2, 0.25) is 0 Å². The summed E-state index contributed by atoms with van der Waals surface area (Å²) in [5.41, 5.74) is 2.49. The Kier molecular flexibility index (Phi) is 4.96. The normalized spacial score (nSPS) is 12.4. The number of carboxylic acids is 1. The van der Waals surface area contributed by atoms with Crippen LogP contribution >= 0.6 is 15.9 Å². The first kappa shape index (κ1) is 13.2. The van der Waals surface area contributed by atoms with Crippen LogP contribution in [0.15, 0.2) is 18.2 Å². The van der Waals surface area contributed by atoms with E-state index >= 15 is 0 Å². The molecule has 0 amide bonds. The second-order valence-electron chi connectivity index (χ2n) is 3.74. The van der Waals surface area contributed by atoms with Gasteiger partial charge in [0.25, 0.3) is 0 Å². The summed E-state index contributed by atoms with van der Waals surface area (Å²) in [6, 6.07) is 5.45. The molecule has 2 N–H and O–H groups in total. The minimum absolute atomic E-state index is 0.499. The molecular weight excluding hydrogens is 272 g/mol. The summed E-state index contributed by atoms with van der Waals surface area (Å²) in [4.78, 5) is 10.8. The molecule has 0 aliphatic rings. The molecular formula is C12H15BrO3. The van der Waals surface area contributed by atoms with E-state index in [1.165, 1.54) is 0 Å². The molecule has 1 unspecified atom stereocenters. The Balaban J connectivity index is 3.01. The number of halogens is 1. The van der Waals surface area contributed by atoms with Gasteiger partial charge < -0.3 is 10.2 Å². The number of aryl methyl sites for hydroxylation is 2. The zero-order valence-electron chi connectivity index (χ0n) is 9.11. The SMILES string of the molecule is Cc1ccc(C(O)C(=O)O)c(CCCBr)c1. The molecule has 4 heteroatoms. The molecule has 0 fully saturated rings. The minimum Gasteiger partial charge on any atom is -0.479 e. The number of aliphatic hydroxyl groups excluding tert-OH is 1. The second kappa shape index (κ2) is 6.01. The monoisotopic (exact) mass is 286 g/mol. The van der Waals surface area contributed by atoms with Gasteiger partial charge in [-0.15, -0.1) is 0 Å². The molecule has 1 atom stereocenters. The van der Waals surface area contributed by atoms with Crippen LogP contribution in [0, 0.1) is 6.92 Å². The number of aliphatic hydroxyl groups is 1. The number of carboxylic acid groups (broad SMARTS) is 1. The van der Waals surface area contributed by atoms with Crippen molar-refractivity contribution in [3.05, 3.63) is 34.9 Å². The predicted molar refractivity (Wildman–Crippen MR) is 65.9 cm³/mol. The first-order valence-electron chi connectivity index (χ1n) is 5.12. The van der Waals surface area contributed by atoms with Crippen molar-refractivity contribution in [1.29, 1.82) is 0 Å². The fraction of sp³-hybridized carbons (Fsp3) is 0.417. The van der Waals surface area contributed by atoms with E-state index in [9.17, 15) is 9.90 Å². The van der Waals surface area contributed by atoms with Gasteiger partial charge in [-0.3, -0.25) is 0 Å². The van der Waals surface area contributed by atoms with Gasteiger partial charge in [0.15, 0.2) is 6.10 Å². The zero-order chi connectivity index (χ0) is 12.1. The maximum absolute atomic E-state index is 10.8. The Hall–Kier alpha value is -0.870. The molecule has 0 bridgehead atoms. The lowest BCUT2D eigenvalue weighted by atomic mass is 9.97. The van der Waals surface area contributed by atoms with Crippen LogP contribution in [0.3, 0.4) is 0 Å². The third-order valence-electron chi connectivity index (χ3n) is 2.41. The Morgan fingerprint density at radius 3 is 2.75 bits per heavy atom. The molecule has 0 aliphatic carbocycles. The van der Waals surface area contributed by atoms with Crippen LogP contribution < -0.4 is 0 Å². The van der Waals surface area contributed by atoms with E-state index in [4.69, 9.17) is 5.11 Å². The smallest absolute Gasteiger partial charge is 0.337 e. The van der Waals surface area contributed by atoms with Crippen LogP contribution in [0.5, 0.6) is 0 Å². The fourth-order valence-electron chi connectivity index (χ4n) is 1.61. The fourth-order valence-corrected chi connectivity index (χ4v) is 1.89. The predicted octanol–water partition coefficient (Wildman–Crippen LogP) is 2.44. The maximum Gasteiger partial charge on any atom is 0.337 e. The van der Waals surface area contributed by atoms with Crippen LogP contribution in [0.25, 0.3) is 0 Å². The third kappa shape index (κ3) is 3.32. The van der Waals surface area contributed by atoms with Gasteiger partial charge in [-0.25, -0.2) is 4.79 Å². The van der Waals surface area contributed by atoms with Crippen LogP contribution in [0.1, 0.15) is 29.2 Å². The van der Waals surface area contributed by atoms with Crippen LogP contribution in [0.4, 0.5) is 0 Å². The van der Waals surface area contributed by atoms with Crippen molar-refractivity contribution < 1.29 is 15.0 Å². The van der Waals surface area contributed by atoms with E-state index in [0.29, 0.717) is 5.56 Å². The topological polar surface area (TPSA) is 57.5 Å². The van der Waals surface area contributed by atoms with Crippen molar-refractivity contribution in [2.75, 3.05) is 5.33 Å². The number of aliphatic carboxylic acids is 1. The Labute approximate surface area is 103 Å². The molecule has 88 valence electrons. The third-order valence-corrected chi connectivity index (χ3v) is 2.97. The van der Waals surface area contributed by atoms with E-state index < -0.39 is 12.1 Å². The number of hydrogen-bond acceptors (Lipinski definition) is 2. The lowest BCUT2D eigenvalue weighted by Gasteiger charge is -2.12. The average molecular weight is 287 g/mol. The lowest BCUT2D eigenvalue weighted by Crippen LogP contribution is -2.13. The summed E-state index contributed by atoms with van der Waals surface area (Å²) in [5.74, 6) is -1.20. The quantitative estimate of drug-likeness (QED) is 0.818. The van der Waals surface area contributed by atoms with Crippen molar-refractivity contribution >= 4 is 21.9 Å². The van der Waals surface area contributed by atoms with Gasteiger partial charge in [-0.2, -0.15) is 0 Å². The molecule has 16 heavy (non-hydrogen) atoms. The average Bonchev–Trinajstić information content (AvgIpc) is 2.25. The Morgan fingerprint density at radius 1 is 1.50 bits per heavy atom. The highest BCUT2D eigenvalue weighted by Gasteiger charge is 2.18. The molecule has 0 aromatic heterocycles. The molecule has 0 radical (unpaired) electrons. The molecule has 1 aromatic rings. The van der Waals surface area contributed by atoms with Crippen LogP contribution in [-0.4, -0.2) is 21.5 Å². The number of rotatable bonds is 5. The summed E-state index contributed by atoms with van der Waals surface area (Å²) >= 11 is 3.34. The maximum atomic E-state index is 10.8. The summed E-state index contributed by atoms with van der Waals surface area (Å²) in [6.45, 7) is 1.95. The number of benzene rings is 1. The summed E-state index contributed by atoms with van der Waals surface area (Å²) in [6.07, 6.45) is 0.265. The molecule has 1 aromatic carbocycles.